The number of carbonyl (C=O) groups is 1. The summed E-state index contributed by atoms with van der Waals surface area (Å²) >= 11 is 15.7. The third-order valence-electron chi connectivity index (χ3n) is 4.63. The summed E-state index contributed by atoms with van der Waals surface area (Å²) in [5.74, 6) is 0.813. The van der Waals surface area contributed by atoms with Gasteiger partial charge in [0.25, 0.3) is 5.91 Å². The molecule has 0 spiro atoms. The first-order chi connectivity index (χ1) is 16.4. The van der Waals surface area contributed by atoms with Gasteiger partial charge in [-0.05, 0) is 71.7 Å². The van der Waals surface area contributed by atoms with Gasteiger partial charge in [-0.15, -0.1) is 0 Å². The smallest absolute Gasteiger partial charge is 0.259 e. The molecular formula is C25H24BrCl2N3O3. The summed E-state index contributed by atoms with van der Waals surface area (Å²) in [6.45, 7) is 4.69. The fraction of sp³-hybridized carbons (Fsp3) is 0.200. The molecule has 3 aromatic carbocycles. The summed E-state index contributed by atoms with van der Waals surface area (Å²) in [7, 11) is 0. The number of ether oxygens (including phenoxy) is 2. The molecule has 3 aromatic rings. The molecule has 0 radical (unpaired) electrons. The SMILES string of the molecule is CCOc1cc(/C=N\NC(=O)CNc2ccc(C)cc2)cc(Br)c1OCc1ccc(Cl)cc1Cl. The molecule has 34 heavy (non-hydrogen) atoms. The molecule has 0 aliphatic carbocycles. The predicted molar refractivity (Wildman–Crippen MR) is 142 cm³/mol. The fourth-order valence-corrected chi connectivity index (χ4v) is 3.96. The molecule has 0 fully saturated rings. The van der Waals surface area contributed by atoms with Gasteiger partial charge in [0.15, 0.2) is 11.5 Å². The van der Waals surface area contributed by atoms with E-state index in [1.54, 1.807) is 18.2 Å². The standard InChI is InChI=1S/C25H24BrCl2N3O3/c1-3-33-23-11-17(13-30-31-24(32)14-29-20-8-4-16(2)5-9-20)10-21(26)25(23)34-15-18-6-7-19(27)12-22(18)28/h4-13,29H,3,14-15H2,1-2H3,(H,31,32)/b30-13-. The van der Waals surface area contributed by atoms with Crippen LogP contribution in [0.15, 0.2) is 64.2 Å². The van der Waals surface area contributed by atoms with Crippen LogP contribution in [-0.2, 0) is 11.4 Å². The Morgan fingerprint density at radius 2 is 1.85 bits per heavy atom. The number of rotatable bonds is 10. The van der Waals surface area contributed by atoms with Gasteiger partial charge in [-0.1, -0.05) is 47.0 Å². The van der Waals surface area contributed by atoms with E-state index >= 15 is 0 Å². The Morgan fingerprint density at radius 3 is 2.56 bits per heavy atom. The second-order valence-electron chi connectivity index (χ2n) is 7.30. The maximum absolute atomic E-state index is 12.1. The van der Waals surface area contributed by atoms with E-state index in [1.807, 2.05) is 50.2 Å². The first-order valence-electron chi connectivity index (χ1n) is 10.5. The van der Waals surface area contributed by atoms with E-state index in [1.165, 1.54) is 6.21 Å². The minimum atomic E-state index is -0.263. The molecule has 3 rings (SSSR count). The van der Waals surface area contributed by atoms with Gasteiger partial charge in [-0.2, -0.15) is 5.10 Å². The lowest BCUT2D eigenvalue weighted by Crippen LogP contribution is -2.25. The lowest BCUT2D eigenvalue weighted by Gasteiger charge is -2.15. The van der Waals surface area contributed by atoms with Crippen LogP contribution in [0, 0.1) is 6.92 Å². The Labute approximate surface area is 217 Å². The number of hydrazone groups is 1. The van der Waals surface area contributed by atoms with E-state index in [2.05, 4.69) is 31.8 Å². The number of amides is 1. The number of hydrogen-bond donors (Lipinski definition) is 2. The molecule has 0 bridgehead atoms. The van der Waals surface area contributed by atoms with E-state index in [-0.39, 0.29) is 19.1 Å². The molecule has 0 aliphatic rings. The van der Waals surface area contributed by atoms with Crippen molar-refractivity contribution in [2.75, 3.05) is 18.5 Å². The number of halogens is 3. The van der Waals surface area contributed by atoms with Crippen molar-refractivity contribution >= 4 is 56.9 Å². The van der Waals surface area contributed by atoms with E-state index < -0.39 is 0 Å². The van der Waals surface area contributed by atoms with Crippen LogP contribution in [0.25, 0.3) is 0 Å². The van der Waals surface area contributed by atoms with Gasteiger partial charge in [-0.25, -0.2) is 5.43 Å². The number of nitrogens with zero attached hydrogens (tertiary/aromatic N) is 1. The van der Waals surface area contributed by atoms with Crippen molar-refractivity contribution in [3.8, 4) is 11.5 Å². The summed E-state index contributed by atoms with van der Waals surface area (Å²) in [4.78, 5) is 12.1. The van der Waals surface area contributed by atoms with Crippen LogP contribution < -0.4 is 20.2 Å². The molecule has 1 amide bonds. The highest BCUT2D eigenvalue weighted by Crippen LogP contribution is 2.37. The monoisotopic (exact) mass is 563 g/mol. The normalized spacial score (nSPS) is 10.9. The number of carbonyl (C=O) groups excluding carboxylic acids is 1. The van der Waals surface area contributed by atoms with Crippen LogP contribution in [0.4, 0.5) is 5.69 Å². The molecule has 6 nitrogen and oxygen atoms in total. The summed E-state index contributed by atoms with van der Waals surface area (Å²) in [6.07, 6.45) is 1.54. The minimum absolute atomic E-state index is 0.105. The Hall–Kier alpha value is -2.74. The number of aryl methyl sites for hydroxylation is 1. The van der Waals surface area contributed by atoms with Crippen molar-refractivity contribution in [1.29, 1.82) is 0 Å². The number of hydrogen-bond acceptors (Lipinski definition) is 5. The second-order valence-corrected chi connectivity index (χ2v) is 9.00. The van der Waals surface area contributed by atoms with Gasteiger partial charge < -0.3 is 14.8 Å². The van der Waals surface area contributed by atoms with Crippen LogP contribution in [-0.4, -0.2) is 25.3 Å². The number of nitrogens with one attached hydrogen (secondary N) is 2. The molecule has 2 N–H and O–H groups in total. The number of benzene rings is 3. The largest absolute Gasteiger partial charge is 0.490 e. The van der Waals surface area contributed by atoms with Crippen LogP contribution in [0.1, 0.15) is 23.6 Å². The average Bonchev–Trinajstić information content (AvgIpc) is 2.79. The summed E-state index contributed by atoms with van der Waals surface area (Å²) in [5, 5.41) is 8.18. The lowest BCUT2D eigenvalue weighted by atomic mass is 10.2. The predicted octanol–water partition coefficient (Wildman–Crippen LogP) is 6.60. The zero-order valence-corrected chi connectivity index (χ0v) is 21.8. The summed E-state index contributed by atoms with van der Waals surface area (Å²) in [6, 6.07) is 16.6. The summed E-state index contributed by atoms with van der Waals surface area (Å²) in [5.41, 5.74) is 6.05. The van der Waals surface area contributed by atoms with Gasteiger partial charge in [0.2, 0.25) is 0 Å². The van der Waals surface area contributed by atoms with Crippen molar-refractivity contribution in [3.63, 3.8) is 0 Å². The third kappa shape index (κ3) is 7.65. The highest BCUT2D eigenvalue weighted by Gasteiger charge is 2.13. The highest BCUT2D eigenvalue weighted by molar-refractivity contribution is 9.10. The zero-order valence-electron chi connectivity index (χ0n) is 18.7. The van der Waals surface area contributed by atoms with Crippen LogP contribution in [0.2, 0.25) is 10.0 Å². The molecule has 9 heteroatoms. The third-order valence-corrected chi connectivity index (χ3v) is 5.80. The van der Waals surface area contributed by atoms with Crippen LogP contribution >= 0.6 is 39.1 Å². The minimum Gasteiger partial charge on any atom is -0.490 e. The molecule has 0 atom stereocenters. The van der Waals surface area contributed by atoms with Gasteiger partial charge in [0.05, 0.1) is 23.8 Å². The topological polar surface area (TPSA) is 72.0 Å². The molecule has 0 unspecified atom stereocenters. The van der Waals surface area contributed by atoms with Crippen LogP contribution in [0.3, 0.4) is 0 Å². The van der Waals surface area contributed by atoms with E-state index in [0.717, 1.165) is 22.4 Å². The number of anilines is 1. The second kappa shape index (κ2) is 12.6. The maximum Gasteiger partial charge on any atom is 0.259 e. The van der Waals surface area contributed by atoms with E-state index in [4.69, 9.17) is 32.7 Å². The maximum atomic E-state index is 12.1. The molecule has 0 aromatic heterocycles. The molecule has 178 valence electrons. The quantitative estimate of drug-likeness (QED) is 0.215. The van der Waals surface area contributed by atoms with Gasteiger partial charge in [0.1, 0.15) is 6.61 Å². The summed E-state index contributed by atoms with van der Waals surface area (Å²) < 4.78 is 12.4. The lowest BCUT2D eigenvalue weighted by molar-refractivity contribution is -0.119. The Bertz CT molecular complexity index is 1170. The van der Waals surface area contributed by atoms with Gasteiger partial charge in [-0.3, -0.25) is 4.79 Å². The Kier molecular flexibility index (Phi) is 9.62. The molecular weight excluding hydrogens is 541 g/mol. The van der Waals surface area contributed by atoms with Crippen molar-refractivity contribution in [1.82, 2.24) is 5.43 Å². The first-order valence-corrected chi connectivity index (χ1v) is 12.1. The van der Waals surface area contributed by atoms with E-state index in [9.17, 15) is 4.79 Å². The zero-order chi connectivity index (χ0) is 24.5. The van der Waals surface area contributed by atoms with Gasteiger partial charge in [0, 0.05) is 21.3 Å². The molecule has 0 saturated heterocycles. The Morgan fingerprint density at radius 1 is 1.09 bits per heavy atom. The fourth-order valence-electron chi connectivity index (χ4n) is 2.93. The van der Waals surface area contributed by atoms with Crippen molar-refractivity contribution in [3.05, 3.63) is 85.8 Å². The molecule has 0 saturated carbocycles. The van der Waals surface area contributed by atoms with Crippen molar-refractivity contribution in [2.45, 2.75) is 20.5 Å². The molecule has 0 heterocycles. The first kappa shape index (κ1) is 25.9. The van der Waals surface area contributed by atoms with Crippen LogP contribution in [0.5, 0.6) is 11.5 Å². The Balaban J connectivity index is 1.62. The van der Waals surface area contributed by atoms with Crippen molar-refractivity contribution < 1.29 is 14.3 Å². The van der Waals surface area contributed by atoms with Gasteiger partial charge >= 0.3 is 0 Å². The molecule has 0 aliphatic heterocycles. The highest BCUT2D eigenvalue weighted by atomic mass is 79.9. The van der Waals surface area contributed by atoms with E-state index in [0.29, 0.717) is 32.6 Å². The van der Waals surface area contributed by atoms with Crippen molar-refractivity contribution in [2.24, 2.45) is 5.10 Å². The average molecular weight is 565 g/mol.